The largest absolute Gasteiger partial charge is 0.286 e. The monoisotopic (exact) mass is 126 g/mol. The number of allylic oxidation sites excluding steroid dienone is 1. The molecule has 0 aromatic rings. The molecule has 4 nitrogen and oxygen atoms in total. The molecule has 0 heterocycles. The van der Waals surface area contributed by atoms with Gasteiger partial charge in [0.05, 0.1) is 4.92 Å². The lowest BCUT2D eigenvalue weighted by Gasteiger charge is -1.83. The van der Waals surface area contributed by atoms with Crippen LogP contribution in [0.1, 0.15) is 0 Å². The van der Waals surface area contributed by atoms with Crippen molar-refractivity contribution in [1.82, 2.24) is 0 Å². The van der Waals surface area contributed by atoms with Crippen LogP contribution in [0.3, 0.4) is 0 Å². The molecule has 48 valence electrons. The summed E-state index contributed by atoms with van der Waals surface area (Å²) >= 11 is 0. The molecule has 0 saturated carbocycles. The van der Waals surface area contributed by atoms with Gasteiger partial charge >= 0.3 is 0 Å². The molecule has 0 fully saturated rings. The molecule has 0 atom stereocenters. The van der Waals surface area contributed by atoms with Crippen LogP contribution in [0.4, 0.5) is 0 Å². The highest BCUT2D eigenvalue weighted by Gasteiger charge is 2.00. The summed E-state index contributed by atoms with van der Waals surface area (Å²) in [7, 11) is 0. The molecule has 4 heteroatoms. The smallest absolute Gasteiger partial charge is 0.265 e. The summed E-state index contributed by atoms with van der Waals surface area (Å²) in [5.41, 5.74) is -0.148. The maximum absolute atomic E-state index is 9.90. The SMILES string of the molecule is C=C/C(=C\N=C)[N+](=O)[O-]. The van der Waals surface area contributed by atoms with Crippen molar-refractivity contribution < 1.29 is 4.92 Å². The lowest BCUT2D eigenvalue weighted by molar-refractivity contribution is -0.419. The Labute approximate surface area is 52.4 Å². The molecule has 0 rings (SSSR count). The van der Waals surface area contributed by atoms with E-state index in [1.165, 1.54) is 0 Å². The second kappa shape index (κ2) is 3.54. The third-order valence-corrected chi connectivity index (χ3v) is 0.644. The Bertz CT molecular complexity index is 172. The molecule has 0 bridgehead atoms. The Hall–Kier alpha value is -1.45. The highest BCUT2D eigenvalue weighted by atomic mass is 16.6. The van der Waals surface area contributed by atoms with Crippen molar-refractivity contribution in [3.8, 4) is 0 Å². The highest BCUT2D eigenvalue weighted by Crippen LogP contribution is 1.94. The van der Waals surface area contributed by atoms with Crippen molar-refractivity contribution in [1.29, 1.82) is 0 Å². The van der Waals surface area contributed by atoms with E-state index in [1.54, 1.807) is 0 Å². The van der Waals surface area contributed by atoms with E-state index in [2.05, 4.69) is 18.3 Å². The summed E-state index contributed by atoms with van der Waals surface area (Å²) in [5.74, 6) is 0. The lowest BCUT2D eigenvalue weighted by Crippen LogP contribution is -1.93. The first kappa shape index (κ1) is 7.55. The van der Waals surface area contributed by atoms with Gasteiger partial charge in [0.2, 0.25) is 0 Å². The fourth-order valence-corrected chi connectivity index (χ4v) is 0.268. The number of nitrogens with zero attached hydrogens (tertiary/aromatic N) is 2. The maximum atomic E-state index is 9.90. The average Bonchev–Trinajstić information content (AvgIpc) is 1.82. The van der Waals surface area contributed by atoms with Gasteiger partial charge in [0, 0.05) is 6.08 Å². The van der Waals surface area contributed by atoms with Gasteiger partial charge in [0.15, 0.2) is 0 Å². The molecule has 0 aromatic carbocycles. The third kappa shape index (κ3) is 2.38. The van der Waals surface area contributed by atoms with Crippen LogP contribution in [0.25, 0.3) is 0 Å². The first-order chi connectivity index (χ1) is 4.22. The van der Waals surface area contributed by atoms with Gasteiger partial charge < -0.3 is 0 Å². The summed E-state index contributed by atoms with van der Waals surface area (Å²) in [6.45, 7) is 6.26. The zero-order chi connectivity index (χ0) is 7.28. The van der Waals surface area contributed by atoms with Crippen LogP contribution in [0, 0.1) is 10.1 Å². The van der Waals surface area contributed by atoms with E-state index >= 15 is 0 Å². The molecule has 0 radical (unpaired) electrons. The third-order valence-electron chi connectivity index (χ3n) is 0.644. The Morgan fingerprint density at radius 2 is 2.33 bits per heavy atom. The second-order valence-corrected chi connectivity index (χ2v) is 1.20. The highest BCUT2D eigenvalue weighted by molar-refractivity contribution is 5.26. The van der Waals surface area contributed by atoms with Gasteiger partial charge in [0.25, 0.3) is 5.70 Å². The molecule has 0 aliphatic carbocycles. The van der Waals surface area contributed by atoms with Gasteiger partial charge in [-0.25, -0.2) is 0 Å². The molecular formula is C5H6N2O2. The predicted molar refractivity (Wildman–Crippen MR) is 34.8 cm³/mol. The van der Waals surface area contributed by atoms with E-state index < -0.39 is 4.92 Å². The number of hydrogen-bond acceptors (Lipinski definition) is 3. The first-order valence-electron chi connectivity index (χ1n) is 2.15. The van der Waals surface area contributed by atoms with Gasteiger partial charge in [-0.15, -0.1) is 0 Å². The normalized spacial score (nSPS) is 10.4. The van der Waals surface area contributed by atoms with Gasteiger partial charge in [-0.3, -0.25) is 15.1 Å². The standard InChI is InChI=1S/C5H6N2O2/c1-3-5(4-6-2)7(8)9/h3-4H,1-2H2/b5-4+. The van der Waals surface area contributed by atoms with E-state index in [1.807, 2.05) is 0 Å². The summed E-state index contributed by atoms with van der Waals surface area (Å²) in [6.07, 6.45) is 2.14. The predicted octanol–water partition coefficient (Wildman–Crippen LogP) is 0.991. The molecule has 0 saturated heterocycles. The Kier molecular flexibility index (Phi) is 2.97. The van der Waals surface area contributed by atoms with Gasteiger partial charge in [-0.05, 0) is 6.72 Å². The van der Waals surface area contributed by atoms with Crippen LogP contribution in [-0.2, 0) is 0 Å². The van der Waals surface area contributed by atoms with E-state index in [9.17, 15) is 10.1 Å². The number of aliphatic imine (C=N–C) groups is 1. The van der Waals surface area contributed by atoms with Crippen LogP contribution in [-0.4, -0.2) is 11.6 Å². The average molecular weight is 126 g/mol. The van der Waals surface area contributed by atoms with E-state index in [0.29, 0.717) is 0 Å². The van der Waals surface area contributed by atoms with Gasteiger partial charge in [-0.1, -0.05) is 6.58 Å². The molecule has 0 amide bonds. The van der Waals surface area contributed by atoms with Crippen LogP contribution in [0.15, 0.2) is 29.5 Å². The van der Waals surface area contributed by atoms with Crippen molar-refractivity contribution in [2.24, 2.45) is 4.99 Å². The van der Waals surface area contributed by atoms with Crippen molar-refractivity contribution in [3.05, 3.63) is 34.7 Å². The van der Waals surface area contributed by atoms with E-state index in [0.717, 1.165) is 12.3 Å². The van der Waals surface area contributed by atoms with E-state index in [4.69, 9.17) is 0 Å². The lowest BCUT2D eigenvalue weighted by atomic mass is 10.5. The molecule has 0 aliphatic rings. The molecule has 0 aromatic heterocycles. The molecule has 0 aliphatic heterocycles. The minimum absolute atomic E-state index is 0.148. The van der Waals surface area contributed by atoms with Crippen LogP contribution < -0.4 is 0 Å². The molecular weight excluding hydrogens is 120 g/mol. The van der Waals surface area contributed by atoms with Crippen molar-refractivity contribution >= 4 is 6.72 Å². The molecule has 0 unspecified atom stereocenters. The number of hydrogen-bond donors (Lipinski definition) is 0. The molecule has 0 spiro atoms. The summed E-state index contributed by atoms with van der Waals surface area (Å²) in [6, 6.07) is 0. The van der Waals surface area contributed by atoms with Crippen molar-refractivity contribution in [2.45, 2.75) is 0 Å². The number of nitro groups is 1. The summed E-state index contributed by atoms with van der Waals surface area (Å²) in [4.78, 5) is 12.5. The zero-order valence-corrected chi connectivity index (χ0v) is 4.78. The topological polar surface area (TPSA) is 55.5 Å². The minimum Gasteiger partial charge on any atom is -0.265 e. The van der Waals surface area contributed by atoms with Gasteiger partial charge in [0.1, 0.15) is 6.20 Å². The fourth-order valence-electron chi connectivity index (χ4n) is 0.268. The van der Waals surface area contributed by atoms with Crippen LogP contribution >= 0.6 is 0 Å². The number of rotatable bonds is 3. The van der Waals surface area contributed by atoms with Crippen molar-refractivity contribution in [3.63, 3.8) is 0 Å². The first-order valence-corrected chi connectivity index (χ1v) is 2.15. The van der Waals surface area contributed by atoms with Crippen LogP contribution in [0.2, 0.25) is 0 Å². The fraction of sp³-hybridized carbons (Fsp3) is 0. The Morgan fingerprint density at radius 3 is 2.44 bits per heavy atom. The Balaban J connectivity index is 4.32. The summed E-state index contributed by atoms with van der Waals surface area (Å²) < 4.78 is 0. The minimum atomic E-state index is -0.582. The quantitative estimate of drug-likeness (QED) is 0.245. The maximum Gasteiger partial charge on any atom is 0.286 e. The second-order valence-electron chi connectivity index (χ2n) is 1.20. The molecule has 0 N–H and O–H groups in total. The van der Waals surface area contributed by atoms with Crippen molar-refractivity contribution in [2.75, 3.05) is 0 Å². The van der Waals surface area contributed by atoms with Crippen LogP contribution in [0.5, 0.6) is 0 Å². The molecule has 9 heavy (non-hydrogen) atoms. The Morgan fingerprint density at radius 1 is 1.78 bits per heavy atom. The van der Waals surface area contributed by atoms with E-state index in [-0.39, 0.29) is 5.70 Å². The van der Waals surface area contributed by atoms with Gasteiger partial charge in [-0.2, -0.15) is 0 Å². The summed E-state index contributed by atoms with van der Waals surface area (Å²) in [5, 5.41) is 9.90. The zero-order valence-electron chi connectivity index (χ0n) is 4.78.